The number of hydrogen-bond acceptors (Lipinski definition) is 7. The van der Waals surface area contributed by atoms with Crippen LogP contribution in [0, 0.1) is 16.0 Å². The van der Waals surface area contributed by atoms with E-state index in [-0.39, 0.29) is 19.8 Å². The molecule has 3 aromatic rings. The van der Waals surface area contributed by atoms with Crippen LogP contribution >= 0.6 is 15.9 Å². The maximum Gasteiger partial charge on any atom is 0.321 e. The minimum Gasteiger partial charge on any atom is -0.486 e. The average molecular weight is 540 g/mol. The van der Waals surface area contributed by atoms with Crippen LogP contribution in [-0.4, -0.2) is 29.5 Å². The molecule has 4 rings (SSSR count). The summed E-state index contributed by atoms with van der Waals surface area (Å²) in [7, 11) is 0. The summed E-state index contributed by atoms with van der Waals surface area (Å²) in [6, 6.07) is 21.6. The lowest BCUT2D eigenvalue weighted by Crippen LogP contribution is -2.46. The molecule has 0 saturated heterocycles. The molecule has 1 aliphatic rings. The molecule has 0 amide bonds. The van der Waals surface area contributed by atoms with Crippen LogP contribution in [0.4, 0.5) is 0 Å². The number of nitro groups is 1. The summed E-state index contributed by atoms with van der Waals surface area (Å²) in [6.07, 6.45) is 0. The quantitative estimate of drug-likeness (QED) is 0.177. The van der Waals surface area contributed by atoms with Gasteiger partial charge in [0.15, 0.2) is 12.5 Å². The maximum atomic E-state index is 13.3. The third-order valence-corrected chi connectivity index (χ3v) is 6.23. The molecule has 0 fully saturated rings. The van der Waals surface area contributed by atoms with Gasteiger partial charge in [0.05, 0.1) is 5.92 Å². The molecule has 0 aromatic heterocycles. The molecule has 8 nitrogen and oxygen atoms in total. The van der Waals surface area contributed by atoms with Crippen molar-refractivity contribution >= 4 is 27.9 Å². The van der Waals surface area contributed by atoms with E-state index in [1.165, 1.54) is 0 Å². The van der Waals surface area contributed by atoms with Gasteiger partial charge >= 0.3 is 11.9 Å². The van der Waals surface area contributed by atoms with Gasteiger partial charge in [-0.3, -0.25) is 19.7 Å². The zero-order chi connectivity index (χ0) is 24.8. The highest BCUT2D eigenvalue weighted by Gasteiger charge is 2.51. The molecule has 2 atom stereocenters. The highest BCUT2D eigenvalue weighted by atomic mass is 79.9. The lowest BCUT2D eigenvalue weighted by Gasteiger charge is -2.32. The fourth-order valence-corrected chi connectivity index (χ4v) is 4.40. The Kier molecular flexibility index (Phi) is 7.77. The fraction of sp³-hybridized carbons (Fsp3) is 0.231. The van der Waals surface area contributed by atoms with E-state index in [4.69, 9.17) is 14.2 Å². The van der Waals surface area contributed by atoms with Crippen molar-refractivity contribution in [1.29, 1.82) is 0 Å². The van der Waals surface area contributed by atoms with Gasteiger partial charge in [-0.2, -0.15) is 0 Å². The summed E-state index contributed by atoms with van der Waals surface area (Å²) in [4.78, 5) is 38.1. The van der Waals surface area contributed by atoms with Gasteiger partial charge in [0.2, 0.25) is 0 Å². The predicted octanol–water partition coefficient (Wildman–Crippen LogP) is 4.67. The molecule has 0 radical (unpaired) electrons. The second-order valence-electron chi connectivity index (χ2n) is 8.04. The largest absolute Gasteiger partial charge is 0.486 e. The molecule has 0 saturated carbocycles. The third-order valence-electron chi connectivity index (χ3n) is 5.74. The predicted molar refractivity (Wildman–Crippen MR) is 129 cm³/mol. The summed E-state index contributed by atoms with van der Waals surface area (Å²) in [5.41, 5.74) is 1.81. The minimum absolute atomic E-state index is 0.0835. The molecule has 0 spiro atoms. The highest BCUT2D eigenvalue weighted by molar-refractivity contribution is 9.10. The van der Waals surface area contributed by atoms with Crippen molar-refractivity contribution in [1.82, 2.24) is 0 Å². The van der Waals surface area contributed by atoms with Gasteiger partial charge < -0.3 is 14.2 Å². The standard InChI is InChI=1S/C26H22BrNO7/c27-19-11-12-22-20(13-19)23(21(16-33-22)28(31)32)24(25(29)34-14-17-7-3-1-4-8-17)26(30)35-15-18-9-5-2-6-10-18/h1-13,21,23-24H,14-16H2. The Morgan fingerprint density at radius 1 is 0.943 bits per heavy atom. The lowest BCUT2D eigenvalue weighted by atomic mass is 9.79. The van der Waals surface area contributed by atoms with E-state index >= 15 is 0 Å². The number of carbonyl (C=O) groups is 2. The number of nitrogens with zero attached hydrogens (tertiary/aromatic N) is 1. The van der Waals surface area contributed by atoms with E-state index in [9.17, 15) is 19.7 Å². The monoisotopic (exact) mass is 539 g/mol. The number of benzene rings is 3. The van der Waals surface area contributed by atoms with Gasteiger partial charge in [0, 0.05) is 15.0 Å². The van der Waals surface area contributed by atoms with Crippen molar-refractivity contribution in [2.24, 2.45) is 5.92 Å². The first-order valence-electron chi connectivity index (χ1n) is 10.9. The van der Waals surface area contributed by atoms with Crippen molar-refractivity contribution in [2.45, 2.75) is 25.2 Å². The molecule has 9 heteroatoms. The van der Waals surface area contributed by atoms with Crippen LogP contribution in [-0.2, 0) is 32.3 Å². The van der Waals surface area contributed by atoms with E-state index in [1.54, 1.807) is 66.7 Å². The van der Waals surface area contributed by atoms with Gasteiger partial charge in [-0.25, -0.2) is 0 Å². The van der Waals surface area contributed by atoms with Gasteiger partial charge in [-0.1, -0.05) is 76.6 Å². The first kappa shape index (κ1) is 24.4. The first-order chi connectivity index (χ1) is 16.9. The van der Waals surface area contributed by atoms with Crippen LogP contribution in [0.5, 0.6) is 5.75 Å². The number of fused-ring (bicyclic) bond motifs is 1. The molecule has 35 heavy (non-hydrogen) atoms. The number of halogens is 1. The molecule has 2 unspecified atom stereocenters. The van der Waals surface area contributed by atoms with Crippen LogP contribution in [0.2, 0.25) is 0 Å². The Bertz CT molecular complexity index is 1150. The SMILES string of the molecule is O=C(OCc1ccccc1)C(C(=O)OCc1ccccc1)C1c2cc(Br)ccc2OCC1[N+](=O)[O-]. The van der Waals surface area contributed by atoms with E-state index in [2.05, 4.69) is 15.9 Å². The number of esters is 2. The topological polar surface area (TPSA) is 105 Å². The molecule has 3 aromatic carbocycles. The number of rotatable bonds is 8. The maximum absolute atomic E-state index is 13.3. The summed E-state index contributed by atoms with van der Waals surface area (Å²) in [5.74, 6) is -4.12. The third kappa shape index (κ3) is 5.86. The first-order valence-corrected chi connectivity index (χ1v) is 11.7. The minimum atomic E-state index is -1.56. The zero-order valence-electron chi connectivity index (χ0n) is 18.5. The number of carbonyl (C=O) groups excluding carboxylic acids is 2. The zero-order valence-corrected chi connectivity index (χ0v) is 20.1. The number of hydrogen-bond donors (Lipinski definition) is 0. The molecule has 1 heterocycles. The second kappa shape index (κ2) is 11.1. The van der Waals surface area contributed by atoms with Crippen molar-refractivity contribution in [3.8, 4) is 5.75 Å². The van der Waals surface area contributed by atoms with E-state index in [0.717, 1.165) is 11.1 Å². The Morgan fingerprint density at radius 3 is 2.00 bits per heavy atom. The van der Waals surface area contributed by atoms with Gasteiger partial charge in [0.25, 0.3) is 6.04 Å². The van der Waals surface area contributed by atoms with Crippen molar-refractivity contribution in [3.05, 3.63) is 110 Å². The molecule has 1 aliphatic heterocycles. The van der Waals surface area contributed by atoms with E-state index in [1.807, 2.05) is 12.1 Å². The fourth-order valence-electron chi connectivity index (χ4n) is 4.02. The molecule has 0 aliphatic carbocycles. The summed E-state index contributed by atoms with van der Waals surface area (Å²) in [5, 5.41) is 12.0. The van der Waals surface area contributed by atoms with Crippen LogP contribution in [0.25, 0.3) is 0 Å². The smallest absolute Gasteiger partial charge is 0.321 e. The Morgan fingerprint density at radius 2 is 1.49 bits per heavy atom. The van der Waals surface area contributed by atoms with Gasteiger partial charge in [-0.15, -0.1) is 0 Å². The summed E-state index contributed by atoms with van der Waals surface area (Å²) < 4.78 is 17.2. The summed E-state index contributed by atoms with van der Waals surface area (Å²) >= 11 is 3.36. The lowest BCUT2D eigenvalue weighted by molar-refractivity contribution is -0.531. The number of ether oxygens (including phenoxy) is 3. The normalized spacial score (nSPS) is 16.6. The molecular weight excluding hydrogens is 518 g/mol. The van der Waals surface area contributed by atoms with Crippen LogP contribution in [0.1, 0.15) is 22.6 Å². The molecule has 0 N–H and O–H groups in total. The van der Waals surface area contributed by atoms with Crippen molar-refractivity contribution in [3.63, 3.8) is 0 Å². The Hall–Kier alpha value is -3.72. The van der Waals surface area contributed by atoms with Crippen LogP contribution in [0.15, 0.2) is 83.3 Å². The van der Waals surface area contributed by atoms with Gasteiger partial charge in [0.1, 0.15) is 19.0 Å². The average Bonchev–Trinajstić information content (AvgIpc) is 2.87. The van der Waals surface area contributed by atoms with E-state index < -0.39 is 34.7 Å². The van der Waals surface area contributed by atoms with Crippen molar-refractivity contribution in [2.75, 3.05) is 6.61 Å². The molecule has 180 valence electrons. The van der Waals surface area contributed by atoms with Crippen molar-refractivity contribution < 1.29 is 28.7 Å². The Labute approximate surface area is 210 Å². The second-order valence-corrected chi connectivity index (χ2v) is 8.95. The van der Waals surface area contributed by atoms with Crippen LogP contribution in [0.3, 0.4) is 0 Å². The highest BCUT2D eigenvalue weighted by Crippen LogP contribution is 2.42. The Balaban J connectivity index is 1.67. The molecular formula is C26H22BrNO7. The van der Waals surface area contributed by atoms with Crippen LogP contribution < -0.4 is 4.74 Å². The van der Waals surface area contributed by atoms with E-state index in [0.29, 0.717) is 15.8 Å². The van der Waals surface area contributed by atoms with Gasteiger partial charge in [-0.05, 0) is 29.3 Å². The molecule has 0 bridgehead atoms. The summed E-state index contributed by atoms with van der Waals surface area (Å²) in [6.45, 7) is -0.458.